The summed E-state index contributed by atoms with van der Waals surface area (Å²) in [5.74, 6) is 0.00301. The molecule has 1 heterocycles. The quantitative estimate of drug-likeness (QED) is 0.290. The summed E-state index contributed by atoms with van der Waals surface area (Å²) >= 11 is 3.55. The Morgan fingerprint density at radius 1 is 1.03 bits per heavy atom. The van der Waals surface area contributed by atoms with Crippen molar-refractivity contribution in [3.8, 4) is 17.0 Å². The van der Waals surface area contributed by atoms with Gasteiger partial charge in [0.15, 0.2) is 0 Å². The Hall–Kier alpha value is -2.96. The van der Waals surface area contributed by atoms with E-state index in [1.807, 2.05) is 49.3 Å². The van der Waals surface area contributed by atoms with E-state index in [1.165, 1.54) is 6.07 Å². The number of anilines is 1. The molecule has 4 nitrogen and oxygen atoms in total. The van der Waals surface area contributed by atoms with Crippen LogP contribution in [0.3, 0.4) is 0 Å². The first-order valence-corrected chi connectivity index (χ1v) is 12.0. The highest BCUT2D eigenvalue weighted by atomic mass is 79.9. The molecule has 0 bridgehead atoms. The van der Waals surface area contributed by atoms with Crippen molar-refractivity contribution < 1.29 is 14.2 Å². The van der Waals surface area contributed by atoms with Gasteiger partial charge in [-0.05, 0) is 78.6 Å². The van der Waals surface area contributed by atoms with Crippen LogP contribution in [-0.4, -0.2) is 37.4 Å². The Labute approximate surface area is 208 Å². The number of pyridine rings is 1. The van der Waals surface area contributed by atoms with E-state index in [0.29, 0.717) is 12.3 Å². The van der Waals surface area contributed by atoms with E-state index in [4.69, 9.17) is 9.72 Å². The second kappa shape index (κ2) is 10.1. The number of hydrogen-bond donors (Lipinski definition) is 1. The highest BCUT2D eigenvalue weighted by Crippen LogP contribution is 2.42. The number of aliphatic hydroxyl groups is 1. The minimum Gasteiger partial charge on any atom is -0.481 e. The molecule has 34 heavy (non-hydrogen) atoms. The third-order valence-electron chi connectivity index (χ3n) is 5.98. The molecule has 0 spiro atoms. The van der Waals surface area contributed by atoms with Gasteiger partial charge >= 0.3 is 0 Å². The molecule has 0 saturated carbocycles. The molecule has 0 aliphatic heterocycles. The molecule has 2 atom stereocenters. The van der Waals surface area contributed by atoms with Crippen LogP contribution in [-0.2, 0) is 0 Å². The van der Waals surface area contributed by atoms with Crippen LogP contribution in [0.5, 0.6) is 5.88 Å². The summed E-state index contributed by atoms with van der Waals surface area (Å²) in [6.45, 7) is 1.78. The zero-order valence-electron chi connectivity index (χ0n) is 19.7. The number of halogens is 2. The Bertz CT molecular complexity index is 1320. The van der Waals surface area contributed by atoms with E-state index in [9.17, 15) is 9.50 Å². The van der Waals surface area contributed by atoms with Gasteiger partial charge in [-0.25, -0.2) is 9.37 Å². The molecule has 0 aliphatic carbocycles. The van der Waals surface area contributed by atoms with Crippen molar-refractivity contribution >= 4 is 32.5 Å². The van der Waals surface area contributed by atoms with E-state index in [2.05, 4.69) is 34.1 Å². The Morgan fingerprint density at radius 3 is 2.50 bits per heavy atom. The monoisotopic (exact) mass is 522 g/mol. The van der Waals surface area contributed by atoms with Crippen LogP contribution in [0.2, 0.25) is 0 Å². The number of benzene rings is 3. The summed E-state index contributed by atoms with van der Waals surface area (Å²) in [6, 6.07) is 20.8. The molecule has 176 valence electrons. The molecule has 0 amide bonds. The molecule has 2 unspecified atom stereocenters. The number of rotatable bonds is 7. The topological polar surface area (TPSA) is 45.6 Å². The minimum absolute atomic E-state index is 0.222. The molecule has 0 saturated heterocycles. The van der Waals surface area contributed by atoms with Gasteiger partial charge in [0.05, 0.1) is 18.7 Å². The molecule has 1 N–H and O–H groups in total. The van der Waals surface area contributed by atoms with Crippen LogP contribution in [0.15, 0.2) is 71.2 Å². The van der Waals surface area contributed by atoms with E-state index >= 15 is 0 Å². The molecule has 0 fully saturated rings. The maximum Gasteiger partial charge on any atom is 0.217 e. The first-order chi connectivity index (χ1) is 16.3. The molecular formula is C28H28BrFN2O2. The van der Waals surface area contributed by atoms with Crippen LogP contribution in [0.25, 0.3) is 22.0 Å². The first kappa shape index (κ1) is 24.2. The summed E-state index contributed by atoms with van der Waals surface area (Å²) in [6.07, 6.45) is -0.108. The first-order valence-electron chi connectivity index (χ1n) is 11.2. The molecule has 0 aliphatic rings. The van der Waals surface area contributed by atoms with Crippen LogP contribution in [0.4, 0.5) is 10.1 Å². The highest BCUT2D eigenvalue weighted by molar-refractivity contribution is 9.10. The fraction of sp³-hybridized carbons (Fsp3) is 0.250. The second-order valence-corrected chi connectivity index (χ2v) is 9.65. The normalized spacial score (nSPS) is 13.0. The SMILES string of the molecule is COc1nc2ccc(Br)cc2cc1C(CC(C)O)c1ccc(N(C)C)cc1-c1cccc(F)c1. The van der Waals surface area contributed by atoms with Crippen molar-refractivity contribution in [1.29, 1.82) is 0 Å². The molecule has 3 aromatic carbocycles. The predicted molar refractivity (Wildman–Crippen MR) is 140 cm³/mol. The Kier molecular flexibility index (Phi) is 7.19. The summed E-state index contributed by atoms with van der Waals surface area (Å²) in [7, 11) is 5.57. The maximum atomic E-state index is 14.2. The fourth-order valence-corrected chi connectivity index (χ4v) is 4.73. The van der Waals surface area contributed by atoms with Gasteiger partial charge < -0.3 is 14.7 Å². The standard InChI is InChI=1S/C28H28BrFN2O2/c1-17(33)12-25(26-15-19-13-20(29)8-11-27(19)31-28(26)34-4)23-10-9-22(32(2)3)16-24(23)18-6-5-7-21(30)14-18/h5-11,13-17,25,33H,12H2,1-4H3. The number of fused-ring (bicyclic) bond motifs is 1. The predicted octanol–water partition coefficient (Wildman–Crippen LogP) is 6.78. The van der Waals surface area contributed by atoms with Gasteiger partial charge in [-0.2, -0.15) is 0 Å². The van der Waals surface area contributed by atoms with E-state index < -0.39 is 6.10 Å². The van der Waals surface area contributed by atoms with Crippen LogP contribution in [0, 0.1) is 5.82 Å². The van der Waals surface area contributed by atoms with E-state index in [1.54, 1.807) is 26.2 Å². The minimum atomic E-state index is -0.568. The molecule has 4 aromatic rings. The lowest BCUT2D eigenvalue weighted by molar-refractivity contribution is 0.178. The molecule has 6 heteroatoms. The van der Waals surface area contributed by atoms with Gasteiger partial charge in [-0.15, -0.1) is 0 Å². The molecule has 4 rings (SSSR count). The average molecular weight is 523 g/mol. The average Bonchev–Trinajstić information content (AvgIpc) is 2.81. The lowest BCUT2D eigenvalue weighted by atomic mass is 9.82. The van der Waals surface area contributed by atoms with Crippen LogP contribution >= 0.6 is 15.9 Å². The third kappa shape index (κ3) is 5.08. The molecule has 1 aromatic heterocycles. The van der Waals surface area contributed by atoms with Gasteiger partial charge in [0.25, 0.3) is 0 Å². The van der Waals surface area contributed by atoms with Crippen molar-refractivity contribution in [3.05, 3.63) is 88.1 Å². The van der Waals surface area contributed by atoms with Crippen molar-refractivity contribution in [2.45, 2.75) is 25.4 Å². The van der Waals surface area contributed by atoms with Crippen molar-refractivity contribution in [2.24, 2.45) is 0 Å². The largest absolute Gasteiger partial charge is 0.481 e. The van der Waals surface area contributed by atoms with Crippen LogP contribution < -0.4 is 9.64 Å². The van der Waals surface area contributed by atoms with Crippen LogP contribution in [0.1, 0.15) is 30.4 Å². The lowest BCUT2D eigenvalue weighted by Crippen LogP contribution is -2.14. The van der Waals surface area contributed by atoms with Crippen molar-refractivity contribution in [1.82, 2.24) is 4.98 Å². The third-order valence-corrected chi connectivity index (χ3v) is 6.47. The summed E-state index contributed by atoms with van der Waals surface area (Å²) in [5, 5.41) is 11.4. The number of methoxy groups -OCH3 is 1. The summed E-state index contributed by atoms with van der Waals surface area (Å²) in [5.41, 5.74) is 5.38. The smallest absolute Gasteiger partial charge is 0.217 e. The summed E-state index contributed by atoms with van der Waals surface area (Å²) < 4.78 is 20.9. The van der Waals surface area contributed by atoms with Gasteiger partial charge in [0.1, 0.15) is 5.82 Å². The number of nitrogens with zero attached hydrogens (tertiary/aromatic N) is 2. The van der Waals surface area contributed by atoms with Gasteiger partial charge in [0.2, 0.25) is 5.88 Å². The zero-order chi connectivity index (χ0) is 24.4. The lowest BCUT2D eigenvalue weighted by Gasteiger charge is -2.26. The number of hydrogen-bond acceptors (Lipinski definition) is 4. The maximum absolute atomic E-state index is 14.2. The van der Waals surface area contributed by atoms with Gasteiger partial charge in [-0.3, -0.25) is 0 Å². The number of aromatic nitrogens is 1. The Balaban J connectivity index is 1.99. The highest BCUT2D eigenvalue weighted by Gasteiger charge is 2.25. The van der Waals surface area contributed by atoms with E-state index in [-0.39, 0.29) is 11.7 Å². The van der Waals surface area contributed by atoms with Crippen molar-refractivity contribution in [3.63, 3.8) is 0 Å². The zero-order valence-corrected chi connectivity index (χ0v) is 21.3. The van der Waals surface area contributed by atoms with Crippen molar-refractivity contribution in [2.75, 3.05) is 26.1 Å². The molecule has 0 radical (unpaired) electrons. The fourth-order valence-electron chi connectivity index (χ4n) is 4.35. The van der Waals surface area contributed by atoms with E-state index in [0.717, 1.165) is 43.3 Å². The second-order valence-electron chi connectivity index (χ2n) is 8.74. The Morgan fingerprint density at radius 2 is 1.82 bits per heavy atom. The van der Waals surface area contributed by atoms with Gasteiger partial charge in [0, 0.05) is 41.1 Å². The summed E-state index contributed by atoms with van der Waals surface area (Å²) in [4.78, 5) is 6.78. The van der Waals surface area contributed by atoms with Gasteiger partial charge in [-0.1, -0.05) is 34.1 Å². The molecular weight excluding hydrogens is 495 g/mol. The number of aliphatic hydroxyl groups excluding tert-OH is 1. The number of ether oxygens (including phenoxy) is 1.